The second-order valence-corrected chi connectivity index (χ2v) is 5.18. The lowest BCUT2D eigenvalue weighted by Gasteiger charge is -2.09. The maximum absolute atomic E-state index is 12.0. The summed E-state index contributed by atoms with van der Waals surface area (Å²) in [5, 5.41) is 3.85. The number of aromatic nitrogens is 3. The lowest BCUT2D eigenvalue weighted by atomic mass is 10.2. The van der Waals surface area contributed by atoms with Gasteiger partial charge in [-0.1, -0.05) is 5.16 Å². The summed E-state index contributed by atoms with van der Waals surface area (Å²) >= 11 is 0. The molecule has 0 unspecified atom stereocenters. The summed E-state index contributed by atoms with van der Waals surface area (Å²) in [4.78, 5) is 16.3. The molecule has 8 nitrogen and oxygen atoms in total. The molecule has 0 saturated heterocycles. The van der Waals surface area contributed by atoms with Gasteiger partial charge in [0.15, 0.2) is 17.3 Å². The molecule has 0 spiro atoms. The number of methoxy groups -OCH3 is 2. The summed E-state index contributed by atoms with van der Waals surface area (Å²) in [6, 6.07) is 5.22. The van der Waals surface area contributed by atoms with Gasteiger partial charge in [0.1, 0.15) is 12.3 Å². The third-order valence-corrected chi connectivity index (χ3v) is 3.69. The lowest BCUT2D eigenvalue weighted by Crippen LogP contribution is -2.16. The molecule has 0 aliphatic rings. The van der Waals surface area contributed by atoms with Crippen LogP contribution in [-0.2, 0) is 6.54 Å². The number of hydrogen-bond acceptors (Lipinski definition) is 7. The van der Waals surface area contributed by atoms with Crippen LogP contribution < -0.4 is 15.2 Å². The van der Waals surface area contributed by atoms with Crippen molar-refractivity contribution in [2.45, 2.75) is 20.4 Å². The van der Waals surface area contributed by atoms with Crippen molar-refractivity contribution >= 4 is 0 Å². The van der Waals surface area contributed by atoms with Crippen molar-refractivity contribution in [3.8, 4) is 22.9 Å². The van der Waals surface area contributed by atoms with Crippen molar-refractivity contribution in [3.05, 3.63) is 46.1 Å². The SMILES string of the molecule is COc1ccc(-c2noc(=O)n2Cc2nc(C)c(C)o2)cc1OC. The normalized spacial score (nSPS) is 10.8. The van der Waals surface area contributed by atoms with Crippen molar-refractivity contribution in [1.29, 1.82) is 0 Å². The summed E-state index contributed by atoms with van der Waals surface area (Å²) in [5.74, 6) is 2.00. The molecule has 0 radical (unpaired) electrons. The van der Waals surface area contributed by atoms with Crippen molar-refractivity contribution in [2.24, 2.45) is 0 Å². The fraction of sp³-hybridized carbons (Fsp3) is 0.312. The van der Waals surface area contributed by atoms with Crippen molar-refractivity contribution in [3.63, 3.8) is 0 Å². The van der Waals surface area contributed by atoms with Crippen LogP contribution in [0.1, 0.15) is 17.3 Å². The standard InChI is InChI=1S/C16H17N3O5/c1-9-10(2)23-14(17-9)8-19-15(18-24-16(19)20)11-5-6-12(21-3)13(7-11)22-4/h5-7H,8H2,1-4H3. The highest BCUT2D eigenvalue weighted by molar-refractivity contribution is 5.61. The molecule has 2 heterocycles. The molecule has 0 fully saturated rings. The van der Waals surface area contributed by atoms with E-state index >= 15 is 0 Å². The minimum atomic E-state index is -0.590. The van der Waals surface area contributed by atoms with Gasteiger partial charge in [-0.05, 0) is 32.0 Å². The molecular weight excluding hydrogens is 314 g/mol. The third-order valence-electron chi connectivity index (χ3n) is 3.69. The number of ether oxygens (including phenoxy) is 2. The zero-order chi connectivity index (χ0) is 17.3. The van der Waals surface area contributed by atoms with Crippen LogP contribution in [-0.4, -0.2) is 28.9 Å². The van der Waals surface area contributed by atoms with Crippen molar-refractivity contribution in [2.75, 3.05) is 14.2 Å². The summed E-state index contributed by atoms with van der Waals surface area (Å²) in [6.45, 7) is 3.78. The molecule has 3 aromatic rings. The van der Waals surface area contributed by atoms with Gasteiger partial charge >= 0.3 is 5.76 Å². The average molecular weight is 331 g/mol. The Hall–Kier alpha value is -3.03. The Labute approximate surface area is 137 Å². The molecule has 8 heteroatoms. The molecule has 0 N–H and O–H groups in total. The molecule has 24 heavy (non-hydrogen) atoms. The molecule has 0 amide bonds. The average Bonchev–Trinajstić information content (AvgIpc) is 3.10. The van der Waals surface area contributed by atoms with Crippen LogP contribution >= 0.6 is 0 Å². The Morgan fingerprint density at radius 2 is 1.92 bits per heavy atom. The molecule has 0 atom stereocenters. The Bertz CT molecular complexity index is 903. The molecule has 1 aromatic carbocycles. The quantitative estimate of drug-likeness (QED) is 0.707. The smallest absolute Gasteiger partial charge is 0.442 e. The maximum atomic E-state index is 12.0. The predicted octanol–water partition coefficient (Wildman–Crippen LogP) is 2.17. The van der Waals surface area contributed by atoms with E-state index in [0.717, 1.165) is 5.69 Å². The monoisotopic (exact) mass is 331 g/mol. The number of nitrogens with zero attached hydrogens (tertiary/aromatic N) is 3. The van der Waals surface area contributed by atoms with Gasteiger partial charge in [-0.15, -0.1) is 0 Å². The summed E-state index contributed by atoms with van der Waals surface area (Å²) in [7, 11) is 3.09. The zero-order valence-corrected chi connectivity index (χ0v) is 13.8. The zero-order valence-electron chi connectivity index (χ0n) is 13.8. The molecule has 0 aliphatic heterocycles. The van der Waals surface area contributed by atoms with Gasteiger partial charge in [-0.2, -0.15) is 0 Å². The van der Waals surface area contributed by atoms with E-state index < -0.39 is 5.76 Å². The fourth-order valence-corrected chi connectivity index (χ4v) is 2.33. The summed E-state index contributed by atoms with van der Waals surface area (Å²) < 4.78 is 22.2. The summed E-state index contributed by atoms with van der Waals surface area (Å²) in [5.41, 5.74) is 1.43. The molecule has 0 bridgehead atoms. The Morgan fingerprint density at radius 3 is 2.54 bits per heavy atom. The van der Waals surface area contributed by atoms with Crippen LogP contribution in [0.2, 0.25) is 0 Å². The van der Waals surface area contributed by atoms with Crippen LogP contribution in [0, 0.1) is 13.8 Å². The van der Waals surface area contributed by atoms with Gasteiger partial charge in [0, 0.05) is 5.56 Å². The Balaban J connectivity index is 2.02. The maximum Gasteiger partial charge on any atom is 0.442 e. The highest BCUT2D eigenvalue weighted by Gasteiger charge is 2.18. The van der Waals surface area contributed by atoms with Gasteiger partial charge in [-0.25, -0.2) is 14.3 Å². The Kier molecular flexibility index (Phi) is 4.11. The molecule has 3 rings (SSSR count). The lowest BCUT2D eigenvalue weighted by molar-refractivity contribution is 0.355. The van der Waals surface area contributed by atoms with E-state index in [0.29, 0.717) is 34.5 Å². The molecule has 0 saturated carbocycles. The first-order valence-electron chi connectivity index (χ1n) is 7.25. The number of aryl methyl sites for hydroxylation is 2. The molecular formula is C16H17N3O5. The van der Waals surface area contributed by atoms with E-state index in [-0.39, 0.29) is 6.54 Å². The first-order valence-corrected chi connectivity index (χ1v) is 7.25. The van der Waals surface area contributed by atoms with Crippen LogP contribution in [0.4, 0.5) is 0 Å². The first-order chi connectivity index (χ1) is 11.5. The van der Waals surface area contributed by atoms with Crippen LogP contribution in [0.5, 0.6) is 11.5 Å². The van der Waals surface area contributed by atoms with Gasteiger partial charge in [0.25, 0.3) is 0 Å². The fourth-order valence-electron chi connectivity index (χ4n) is 2.33. The minimum Gasteiger partial charge on any atom is -0.493 e. The number of benzene rings is 1. The number of rotatable bonds is 5. The van der Waals surface area contributed by atoms with Gasteiger partial charge in [-0.3, -0.25) is 4.52 Å². The van der Waals surface area contributed by atoms with Crippen LogP contribution in [0.25, 0.3) is 11.4 Å². The molecule has 126 valence electrons. The van der Waals surface area contributed by atoms with Crippen LogP contribution in [0.3, 0.4) is 0 Å². The van der Waals surface area contributed by atoms with Crippen LogP contribution in [0.15, 0.2) is 31.9 Å². The van der Waals surface area contributed by atoms with Crippen molar-refractivity contribution < 1.29 is 18.4 Å². The van der Waals surface area contributed by atoms with E-state index in [1.165, 1.54) is 11.7 Å². The first kappa shape index (κ1) is 15.9. The van der Waals surface area contributed by atoms with Crippen molar-refractivity contribution in [1.82, 2.24) is 14.7 Å². The second kappa shape index (κ2) is 6.23. The van der Waals surface area contributed by atoms with Gasteiger partial charge in [0.05, 0.1) is 19.9 Å². The van der Waals surface area contributed by atoms with E-state index in [4.69, 9.17) is 18.4 Å². The van der Waals surface area contributed by atoms with Gasteiger partial charge < -0.3 is 13.9 Å². The van der Waals surface area contributed by atoms with E-state index in [2.05, 4.69) is 10.1 Å². The topological polar surface area (TPSA) is 92.5 Å². The third kappa shape index (κ3) is 2.78. The molecule has 2 aromatic heterocycles. The van der Waals surface area contributed by atoms with E-state index in [1.54, 1.807) is 25.3 Å². The number of hydrogen-bond donors (Lipinski definition) is 0. The highest BCUT2D eigenvalue weighted by Crippen LogP contribution is 2.31. The largest absolute Gasteiger partial charge is 0.493 e. The highest BCUT2D eigenvalue weighted by atomic mass is 16.5. The number of oxazole rings is 1. The summed E-state index contributed by atoms with van der Waals surface area (Å²) in [6.07, 6.45) is 0. The minimum absolute atomic E-state index is 0.126. The predicted molar refractivity (Wildman–Crippen MR) is 84.4 cm³/mol. The Morgan fingerprint density at radius 1 is 1.17 bits per heavy atom. The van der Waals surface area contributed by atoms with E-state index in [1.807, 2.05) is 13.8 Å². The van der Waals surface area contributed by atoms with E-state index in [9.17, 15) is 4.79 Å². The second-order valence-electron chi connectivity index (χ2n) is 5.18. The van der Waals surface area contributed by atoms with Gasteiger partial charge in [0.2, 0.25) is 5.89 Å². The molecule has 0 aliphatic carbocycles.